The second kappa shape index (κ2) is 7.66. The summed E-state index contributed by atoms with van der Waals surface area (Å²) in [6, 6.07) is 16.7. The highest BCUT2D eigenvalue weighted by Gasteiger charge is 2.31. The average molecular weight is 387 g/mol. The van der Waals surface area contributed by atoms with E-state index in [9.17, 15) is 9.59 Å². The maximum absolute atomic E-state index is 13.4. The number of amides is 1. The molecule has 0 N–H and O–H groups in total. The zero-order chi connectivity index (χ0) is 20.5. The number of carbonyl (C=O) groups is 1. The van der Waals surface area contributed by atoms with Crippen LogP contribution in [0.5, 0.6) is 0 Å². The SMILES string of the molecule is CC[C@H](C(=O)N1CCc2ccccc21)n1nc(-c2cc(C)ccc2C)ccc1=O. The van der Waals surface area contributed by atoms with Crippen molar-refractivity contribution in [2.45, 2.75) is 39.7 Å². The Kier molecular flexibility index (Phi) is 5.05. The molecule has 0 unspecified atom stereocenters. The van der Waals surface area contributed by atoms with Crippen molar-refractivity contribution >= 4 is 11.6 Å². The largest absolute Gasteiger partial charge is 0.310 e. The van der Waals surface area contributed by atoms with Gasteiger partial charge in [0, 0.05) is 23.9 Å². The summed E-state index contributed by atoms with van der Waals surface area (Å²) >= 11 is 0. The predicted octanol–water partition coefficient (Wildman–Crippen LogP) is 4.07. The van der Waals surface area contributed by atoms with E-state index in [0.717, 1.165) is 28.8 Å². The summed E-state index contributed by atoms with van der Waals surface area (Å²) < 4.78 is 1.36. The van der Waals surface area contributed by atoms with E-state index in [0.29, 0.717) is 18.7 Å². The summed E-state index contributed by atoms with van der Waals surface area (Å²) in [6.07, 6.45) is 1.34. The molecular weight excluding hydrogens is 362 g/mol. The number of hydrogen-bond donors (Lipinski definition) is 0. The smallest absolute Gasteiger partial charge is 0.267 e. The molecule has 0 bridgehead atoms. The fraction of sp³-hybridized carbons (Fsp3) is 0.292. The maximum Gasteiger partial charge on any atom is 0.267 e. The van der Waals surface area contributed by atoms with E-state index in [2.05, 4.69) is 23.3 Å². The van der Waals surface area contributed by atoms with Crippen molar-refractivity contribution in [3.8, 4) is 11.3 Å². The number of benzene rings is 2. The second-order valence-electron chi connectivity index (χ2n) is 7.61. The zero-order valence-electron chi connectivity index (χ0n) is 17.1. The Bertz CT molecular complexity index is 1130. The third kappa shape index (κ3) is 3.48. The van der Waals surface area contributed by atoms with Crippen LogP contribution in [0, 0.1) is 13.8 Å². The molecule has 0 saturated carbocycles. The van der Waals surface area contributed by atoms with Gasteiger partial charge >= 0.3 is 0 Å². The van der Waals surface area contributed by atoms with Gasteiger partial charge in [-0.25, -0.2) is 4.68 Å². The number of para-hydroxylation sites is 1. The number of hydrogen-bond acceptors (Lipinski definition) is 3. The van der Waals surface area contributed by atoms with Gasteiger partial charge in [0.25, 0.3) is 11.5 Å². The lowest BCUT2D eigenvalue weighted by atomic mass is 10.0. The van der Waals surface area contributed by atoms with Crippen LogP contribution in [0.1, 0.15) is 36.1 Å². The standard InChI is InChI=1S/C24H25N3O2/c1-4-21(24(29)26-14-13-18-7-5-6-8-22(18)26)27-23(28)12-11-20(25-27)19-15-16(2)9-10-17(19)3/h5-12,15,21H,4,13-14H2,1-3H3/t21-/m1/s1. The van der Waals surface area contributed by atoms with E-state index < -0.39 is 6.04 Å². The van der Waals surface area contributed by atoms with Crippen molar-refractivity contribution in [2.24, 2.45) is 0 Å². The highest BCUT2D eigenvalue weighted by atomic mass is 16.2. The Balaban J connectivity index is 1.74. The minimum atomic E-state index is -0.626. The molecule has 1 aliphatic rings. The molecule has 0 spiro atoms. The van der Waals surface area contributed by atoms with E-state index in [1.165, 1.54) is 16.3 Å². The normalized spacial score (nSPS) is 14.0. The molecule has 0 saturated heterocycles. The van der Waals surface area contributed by atoms with Gasteiger partial charge in [0.05, 0.1) is 5.69 Å². The molecule has 0 aliphatic carbocycles. The van der Waals surface area contributed by atoms with Crippen LogP contribution in [0.2, 0.25) is 0 Å². The van der Waals surface area contributed by atoms with Crippen LogP contribution in [0.15, 0.2) is 59.4 Å². The first-order valence-corrected chi connectivity index (χ1v) is 10.1. The van der Waals surface area contributed by atoms with Gasteiger partial charge in [-0.05, 0) is 56.0 Å². The van der Waals surface area contributed by atoms with Gasteiger partial charge in [0.1, 0.15) is 6.04 Å². The third-order valence-corrected chi connectivity index (χ3v) is 5.61. The van der Waals surface area contributed by atoms with E-state index in [1.54, 1.807) is 11.0 Å². The molecule has 4 rings (SSSR count). The van der Waals surface area contributed by atoms with E-state index in [4.69, 9.17) is 0 Å². The van der Waals surface area contributed by atoms with Crippen LogP contribution >= 0.6 is 0 Å². The van der Waals surface area contributed by atoms with Crippen molar-refractivity contribution in [2.75, 3.05) is 11.4 Å². The van der Waals surface area contributed by atoms with Crippen molar-refractivity contribution in [1.82, 2.24) is 9.78 Å². The quantitative estimate of drug-likeness (QED) is 0.678. The Morgan fingerprint density at radius 3 is 2.69 bits per heavy atom. The topological polar surface area (TPSA) is 55.2 Å². The molecule has 1 aromatic heterocycles. The maximum atomic E-state index is 13.4. The van der Waals surface area contributed by atoms with Gasteiger partial charge < -0.3 is 4.90 Å². The molecule has 5 heteroatoms. The minimum Gasteiger partial charge on any atom is -0.310 e. The molecular formula is C24H25N3O2. The molecule has 2 aromatic carbocycles. The second-order valence-corrected chi connectivity index (χ2v) is 7.61. The number of fused-ring (bicyclic) bond motifs is 1. The number of nitrogens with zero attached hydrogens (tertiary/aromatic N) is 3. The van der Waals surface area contributed by atoms with Crippen LogP contribution in [0.4, 0.5) is 5.69 Å². The first-order valence-electron chi connectivity index (χ1n) is 10.1. The van der Waals surface area contributed by atoms with Crippen molar-refractivity contribution in [3.05, 3.63) is 81.6 Å². The molecule has 1 aliphatic heterocycles. The first-order chi connectivity index (χ1) is 14.0. The number of aryl methyl sites for hydroxylation is 2. The molecule has 0 radical (unpaired) electrons. The van der Waals surface area contributed by atoms with Gasteiger partial charge in [-0.1, -0.05) is 42.8 Å². The van der Waals surface area contributed by atoms with Crippen LogP contribution < -0.4 is 10.5 Å². The van der Waals surface area contributed by atoms with Crippen LogP contribution in [0.3, 0.4) is 0 Å². The molecule has 0 fully saturated rings. The summed E-state index contributed by atoms with van der Waals surface area (Å²) in [5.41, 5.74) is 5.75. The molecule has 3 aromatic rings. The molecule has 148 valence electrons. The van der Waals surface area contributed by atoms with E-state index in [1.807, 2.05) is 45.0 Å². The van der Waals surface area contributed by atoms with Gasteiger partial charge in [0.2, 0.25) is 0 Å². The van der Waals surface area contributed by atoms with Gasteiger partial charge in [-0.2, -0.15) is 5.10 Å². The molecule has 1 amide bonds. The third-order valence-electron chi connectivity index (χ3n) is 5.61. The Morgan fingerprint density at radius 1 is 1.10 bits per heavy atom. The fourth-order valence-electron chi connectivity index (χ4n) is 4.00. The highest BCUT2D eigenvalue weighted by Crippen LogP contribution is 2.30. The minimum absolute atomic E-state index is 0.0786. The first kappa shape index (κ1) is 19.1. The van der Waals surface area contributed by atoms with Crippen molar-refractivity contribution in [1.29, 1.82) is 0 Å². The summed E-state index contributed by atoms with van der Waals surface area (Å²) in [5, 5.41) is 4.62. The summed E-state index contributed by atoms with van der Waals surface area (Å²) in [5.74, 6) is -0.0786. The Labute approximate surface area is 170 Å². The van der Waals surface area contributed by atoms with E-state index in [-0.39, 0.29) is 11.5 Å². The number of aromatic nitrogens is 2. The Hall–Kier alpha value is -3.21. The summed E-state index contributed by atoms with van der Waals surface area (Å²) in [4.78, 5) is 27.8. The average Bonchev–Trinajstić information content (AvgIpc) is 3.16. The summed E-state index contributed by atoms with van der Waals surface area (Å²) in [6.45, 7) is 6.61. The monoisotopic (exact) mass is 387 g/mol. The lowest BCUT2D eigenvalue weighted by Gasteiger charge is -2.24. The molecule has 1 atom stereocenters. The van der Waals surface area contributed by atoms with Gasteiger partial charge in [-0.3, -0.25) is 9.59 Å². The number of carbonyl (C=O) groups excluding carboxylic acids is 1. The number of rotatable bonds is 4. The van der Waals surface area contributed by atoms with Gasteiger partial charge in [0.15, 0.2) is 0 Å². The number of anilines is 1. The van der Waals surface area contributed by atoms with Crippen molar-refractivity contribution < 1.29 is 4.79 Å². The fourth-order valence-corrected chi connectivity index (χ4v) is 4.00. The molecule has 5 nitrogen and oxygen atoms in total. The van der Waals surface area contributed by atoms with Gasteiger partial charge in [-0.15, -0.1) is 0 Å². The van der Waals surface area contributed by atoms with Crippen LogP contribution in [-0.2, 0) is 11.2 Å². The molecule has 29 heavy (non-hydrogen) atoms. The van der Waals surface area contributed by atoms with Crippen LogP contribution in [0.25, 0.3) is 11.3 Å². The Morgan fingerprint density at radius 2 is 1.90 bits per heavy atom. The summed E-state index contributed by atoms with van der Waals surface area (Å²) in [7, 11) is 0. The highest BCUT2D eigenvalue weighted by molar-refractivity contribution is 5.98. The predicted molar refractivity (Wildman–Crippen MR) is 115 cm³/mol. The zero-order valence-corrected chi connectivity index (χ0v) is 17.1. The lowest BCUT2D eigenvalue weighted by Crippen LogP contribution is -2.40. The lowest BCUT2D eigenvalue weighted by molar-refractivity contribution is -0.122. The van der Waals surface area contributed by atoms with E-state index >= 15 is 0 Å². The van der Waals surface area contributed by atoms with Crippen LogP contribution in [-0.4, -0.2) is 22.2 Å². The molecule has 2 heterocycles. The van der Waals surface area contributed by atoms with Crippen molar-refractivity contribution in [3.63, 3.8) is 0 Å².